The van der Waals surface area contributed by atoms with Crippen molar-refractivity contribution in [2.24, 2.45) is 5.92 Å². The first-order valence-corrected chi connectivity index (χ1v) is 6.16. The SMILES string of the molecule is CCN(CC(C)C)C(=O)N[C@@H](CC(=O)OC)C(=O)O. The molecule has 0 aliphatic carbocycles. The zero-order valence-corrected chi connectivity index (χ0v) is 11.8. The van der Waals surface area contributed by atoms with Crippen LogP contribution in [0.25, 0.3) is 0 Å². The van der Waals surface area contributed by atoms with Gasteiger partial charge in [0, 0.05) is 13.1 Å². The second-order valence-corrected chi connectivity index (χ2v) is 4.55. The number of ether oxygens (including phenoxy) is 1. The molecule has 0 saturated carbocycles. The minimum atomic E-state index is -1.28. The van der Waals surface area contributed by atoms with Gasteiger partial charge in [-0.25, -0.2) is 9.59 Å². The van der Waals surface area contributed by atoms with Crippen molar-refractivity contribution < 1.29 is 24.2 Å². The predicted molar refractivity (Wildman–Crippen MR) is 68.7 cm³/mol. The van der Waals surface area contributed by atoms with Crippen LogP contribution in [0.1, 0.15) is 27.2 Å². The van der Waals surface area contributed by atoms with Gasteiger partial charge in [-0.3, -0.25) is 4.79 Å². The van der Waals surface area contributed by atoms with Crippen LogP contribution in [0.5, 0.6) is 0 Å². The van der Waals surface area contributed by atoms with Crippen molar-refractivity contribution in [3.8, 4) is 0 Å². The van der Waals surface area contributed by atoms with E-state index < -0.39 is 30.4 Å². The van der Waals surface area contributed by atoms with Crippen molar-refractivity contribution in [3.05, 3.63) is 0 Å². The summed E-state index contributed by atoms with van der Waals surface area (Å²) in [5, 5.41) is 11.3. The third kappa shape index (κ3) is 6.64. The lowest BCUT2D eigenvalue weighted by Gasteiger charge is -2.25. The highest BCUT2D eigenvalue weighted by Crippen LogP contribution is 2.01. The quantitative estimate of drug-likeness (QED) is 0.666. The monoisotopic (exact) mass is 274 g/mol. The molecule has 110 valence electrons. The Balaban J connectivity index is 4.60. The number of carbonyl (C=O) groups is 3. The molecule has 0 fully saturated rings. The van der Waals surface area contributed by atoms with Crippen LogP contribution in [-0.2, 0) is 14.3 Å². The molecule has 7 nitrogen and oxygen atoms in total. The van der Waals surface area contributed by atoms with Crippen molar-refractivity contribution in [2.45, 2.75) is 33.2 Å². The van der Waals surface area contributed by atoms with Crippen molar-refractivity contribution in [1.29, 1.82) is 0 Å². The van der Waals surface area contributed by atoms with E-state index in [1.807, 2.05) is 13.8 Å². The Bertz CT molecular complexity index is 330. The van der Waals surface area contributed by atoms with E-state index >= 15 is 0 Å². The summed E-state index contributed by atoms with van der Waals surface area (Å²) in [6.07, 6.45) is -0.392. The molecule has 0 radical (unpaired) electrons. The van der Waals surface area contributed by atoms with Gasteiger partial charge >= 0.3 is 18.0 Å². The number of hydrogen-bond acceptors (Lipinski definition) is 4. The molecule has 0 aromatic heterocycles. The Morgan fingerprint density at radius 2 is 1.89 bits per heavy atom. The minimum Gasteiger partial charge on any atom is -0.480 e. The van der Waals surface area contributed by atoms with Crippen LogP contribution >= 0.6 is 0 Å². The van der Waals surface area contributed by atoms with Gasteiger partial charge in [0.1, 0.15) is 6.04 Å². The first-order valence-electron chi connectivity index (χ1n) is 6.16. The van der Waals surface area contributed by atoms with Gasteiger partial charge < -0.3 is 20.1 Å². The number of nitrogens with zero attached hydrogens (tertiary/aromatic N) is 1. The molecule has 0 bridgehead atoms. The molecule has 2 amide bonds. The van der Waals surface area contributed by atoms with Crippen molar-refractivity contribution in [2.75, 3.05) is 20.2 Å². The van der Waals surface area contributed by atoms with E-state index in [4.69, 9.17) is 5.11 Å². The molecule has 0 aliphatic rings. The van der Waals surface area contributed by atoms with E-state index in [0.717, 1.165) is 0 Å². The number of carbonyl (C=O) groups excluding carboxylic acids is 2. The first kappa shape index (κ1) is 17.2. The lowest BCUT2D eigenvalue weighted by Crippen LogP contribution is -2.49. The number of amides is 2. The Morgan fingerprint density at radius 1 is 1.32 bits per heavy atom. The minimum absolute atomic E-state index is 0.273. The van der Waals surface area contributed by atoms with Crippen LogP contribution in [0.15, 0.2) is 0 Å². The summed E-state index contributed by atoms with van der Waals surface area (Å²) in [6.45, 7) is 6.71. The molecular weight excluding hydrogens is 252 g/mol. The van der Waals surface area contributed by atoms with Crippen molar-refractivity contribution in [3.63, 3.8) is 0 Å². The van der Waals surface area contributed by atoms with E-state index in [1.165, 1.54) is 12.0 Å². The fraction of sp³-hybridized carbons (Fsp3) is 0.750. The fourth-order valence-electron chi connectivity index (χ4n) is 1.49. The van der Waals surface area contributed by atoms with E-state index in [-0.39, 0.29) is 5.92 Å². The number of methoxy groups -OCH3 is 1. The molecule has 19 heavy (non-hydrogen) atoms. The second kappa shape index (κ2) is 8.34. The molecule has 0 saturated heterocycles. The van der Waals surface area contributed by atoms with Gasteiger partial charge in [0.05, 0.1) is 13.5 Å². The van der Waals surface area contributed by atoms with Gasteiger partial charge in [-0.15, -0.1) is 0 Å². The second-order valence-electron chi connectivity index (χ2n) is 4.55. The molecule has 0 aromatic rings. The van der Waals surface area contributed by atoms with Crippen LogP contribution in [0, 0.1) is 5.92 Å². The van der Waals surface area contributed by atoms with E-state index in [9.17, 15) is 14.4 Å². The highest BCUT2D eigenvalue weighted by atomic mass is 16.5. The van der Waals surface area contributed by atoms with E-state index in [2.05, 4.69) is 10.1 Å². The van der Waals surface area contributed by atoms with Gasteiger partial charge in [-0.05, 0) is 12.8 Å². The lowest BCUT2D eigenvalue weighted by atomic mass is 10.2. The number of esters is 1. The van der Waals surface area contributed by atoms with Gasteiger partial charge in [-0.2, -0.15) is 0 Å². The molecule has 0 aromatic carbocycles. The molecule has 0 heterocycles. The molecule has 2 N–H and O–H groups in total. The number of aliphatic carboxylic acids is 1. The fourth-order valence-corrected chi connectivity index (χ4v) is 1.49. The topological polar surface area (TPSA) is 95.9 Å². The largest absolute Gasteiger partial charge is 0.480 e. The Kier molecular flexibility index (Phi) is 7.55. The number of carboxylic acids is 1. The van der Waals surface area contributed by atoms with Crippen LogP contribution in [-0.4, -0.2) is 54.2 Å². The van der Waals surface area contributed by atoms with Crippen LogP contribution in [0.3, 0.4) is 0 Å². The summed E-state index contributed by atoms with van der Waals surface area (Å²) < 4.78 is 4.40. The molecule has 0 spiro atoms. The van der Waals surface area contributed by atoms with E-state index in [1.54, 1.807) is 6.92 Å². The number of carboxylic acid groups (broad SMARTS) is 1. The average molecular weight is 274 g/mol. The van der Waals surface area contributed by atoms with E-state index in [0.29, 0.717) is 13.1 Å². The number of urea groups is 1. The lowest BCUT2D eigenvalue weighted by molar-refractivity contribution is -0.147. The maximum atomic E-state index is 11.9. The van der Waals surface area contributed by atoms with Gasteiger partial charge in [-0.1, -0.05) is 13.8 Å². The van der Waals surface area contributed by atoms with Gasteiger partial charge in [0.25, 0.3) is 0 Å². The summed E-state index contributed by atoms with van der Waals surface area (Å²) in [5.41, 5.74) is 0. The molecule has 7 heteroatoms. The Morgan fingerprint density at radius 3 is 2.26 bits per heavy atom. The summed E-state index contributed by atoms with van der Waals surface area (Å²) >= 11 is 0. The van der Waals surface area contributed by atoms with Gasteiger partial charge in [0.15, 0.2) is 0 Å². The summed E-state index contributed by atoms with van der Waals surface area (Å²) in [6, 6.07) is -1.77. The summed E-state index contributed by atoms with van der Waals surface area (Å²) in [5.74, 6) is -1.67. The first-order chi connectivity index (χ1) is 8.81. The standard InChI is InChI=1S/C12H22N2O5/c1-5-14(7-8(2)3)12(18)13-9(11(16)17)6-10(15)19-4/h8-9H,5-7H2,1-4H3,(H,13,18)(H,16,17)/t9-/m0/s1. The summed E-state index contributed by atoms with van der Waals surface area (Å²) in [7, 11) is 1.17. The number of rotatable bonds is 7. The van der Waals surface area contributed by atoms with Crippen LogP contribution in [0.2, 0.25) is 0 Å². The Labute approximate surface area is 112 Å². The predicted octanol–water partition coefficient (Wildman–Crippen LogP) is 0.690. The van der Waals surface area contributed by atoms with Crippen molar-refractivity contribution >= 4 is 18.0 Å². The molecule has 1 atom stereocenters. The summed E-state index contributed by atoms with van der Waals surface area (Å²) in [4.78, 5) is 35.4. The highest BCUT2D eigenvalue weighted by Gasteiger charge is 2.25. The van der Waals surface area contributed by atoms with Crippen LogP contribution in [0.4, 0.5) is 4.79 Å². The van der Waals surface area contributed by atoms with Crippen LogP contribution < -0.4 is 5.32 Å². The molecule has 0 unspecified atom stereocenters. The smallest absolute Gasteiger partial charge is 0.326 e. The molecular formula is C12H22N2O5. The van der Waals surface area contributed by atoms with Gasteiger partial charge in [0.2, 0.25) is 0 Å². The third-order valence-corrected chi connectivity index (χ3v) is 2.45. The zero-order valence-electron chi connectivity index (χ0n) is 11.8. The maximum Gasteiger partial charge on any atom is 0.326 e. The zero-order chi connectivity index (χ0) is 15.0. The third-order valence-electron chi connectivity index (χ3n) is 2.45. The number of hydrogen-bond donors (Lipinski definition) is 2. The molecule has 0 rings (SSSR count). The van der Waals surface area contributed by atoms with Crippen molar-refractivity contribution in [1.82, 2.24) is 10.2 Å². The Hall–Kier alpha value is -1.79. The highest BCUT2D eigenvalue weighted by molar-refractivity contribution is 5.86. The number of nitrogens with one attached hydrogen (secondary N) is 1. The average Bonchev–Trinajstić information content (AvgIpc) is 2.34. The molecule has 0 aliphatic heterocycles. The normalized spacial score (nSPS) is 11.8. The maximum absolute atomic E-state index is 11.9.